The number of para-hydroxylation sites is 1. The average Bonchev–Trinajstić information content (AvgIpc) is 2.80. The third kappa shape index (κ3) is 5.96. The van der Waals surface area contributed by atoms with Crippen LogP contribution in [0, 0.1) is 12.7 Å². The van der Waals surface area contributed by atoms with E-state index in [0.717, 1.165) is 37.4 Å². The molecule has 1 heterocycles. The molecule has 170 valence electrons. The molecule has 33 heavy (non-hydrogen) atoms. The lowest BCUT2D eigenvalue weighted by Gasteiger charge is -2.35. The predicted octanol–water partition coefficient (Wildman–Crippen LogP) is 4.15. The van der Waals surface area contributed by atoms with Crippen LogP contribution in [-0.4, -0.2) is 49.4 Å². The maximum Gasteiger partial charge on any atom is 0.257 e. The molecule has 0 bridgehead atoms. The second kappa shape index (κ2) is 10.3. The minimum Gasteiger partial charge on any atom is -0.369 e. The maximum absolute atomic E-state index is 13.1. The average molecular weight is 447 g/mol. The number of rotatable bonds is 6. The maximum atomic E-state index is 13.1. The zero-order chi connectivity index (χ0) is 23.2. The zero-order valence-corrected chi connectivity index (χ0v) is 18.6. The van der Waals surface area contributed by atoms with Gasteiger partial charge in [-0.3, -0.25) is 14.5 Å². The largest absolute Gasteiger partial charge is 0.369 e. The highest BCUT2D eigenvalue weighted by molar-refractivity contribution is 6.10. The molecule has 3 aromatic rings. The van der Waals surface area contributed by atoms with Crippen LogP contribution < -0.4 is 15.5 Å². The van der Waals surface area contributed by atoms with Crippen molar-refractivity contribution in [3.05, 3.63) is 89.7 Å². The summed E-state index contributed by atoms with van der Waals surface area (Å²) in [5, 5.41) is 5.78. The number of carbonyl (C=O) groups is 2. The first-order valence-corrected chi connectivity index (χ1v) is 11.0. The lowest BCUT2D eigenvalue weighted by molar-refractivity contribution is -0.117. The molecule has 1 fully saturated rings. The predicted molar refractivity (Wildman–Crippen MR) is 129 cm³/mol. The van der Waals surface area contributed by atoms with Gasteiger partial charge in [-0.2, -0.15) is 0 Å². The number of carbonyl (C=O) groups excluding carboxylic acids is 2. The minimum absolute atomic E-state index is 0.166. The molecule has 6 nitrogen and oxygen atoms in total. The third-order valence-electron chi connectivity index (χ3n) is 5.65. The molecule has 4 rings (SSSR count). The third-order valence-corrected chi connectivity index (χ3v) is 5.65. The fourth-order valence-corrected chi connectivity index (χ4v) is 3.92. The van der Waals surface area contributed by atoms with Crippen molar-refractivity contribution in [2.24, 2.45) is 0 Å². The van der Waals surface area contributed by atoms with E-state index in [-0.39, 0.29) is 24.2 Å². The van der Waals surface area contributed by atoms with Crippen molar-refractivity contribution < 1.29 is 14.0 Å². The molecule has 0 unspecified atom stereocenters. The molecule has 0 atom stereocenters. The Hall–Kier alpha value is -3.71. The molecule has 1 aliphatic heterocycles. The molecule has 1 aliphatic rings. The van der Waals surface area contributed by atoms with Gasteiger partial charge < -0.3 is 15.5 Å². The molecule has 0 aliphatic carbocycles. The Bertz CT molecular complexity index is 1130. The number of halogens is 1. The SMILES string of the molecule is Cc1cccc(NC(=O)c2ccccc2NC(=O)CN2CCN(c3ccc(F)cc3)CC2)c1. The Labute approximate surface area is 193 Å². The van der Waals surface area contributed by atoms with E-state index in [0.29, 0.717) is 16.9 Å². The van der Waals surface area contributed by atoms with Gasteiger partial charge in [0.25, 0.3) is 5.91 Å². The van der Waals surface area contributed by atoms with Crippen molar-refractivity contribution in [3.63, 3.8) is 0 Å². The number of hydrogen-bond donors (Lipinski definition) is 2. The quantitative estimate of drug-likeness (QED) is 0.597. The topological polar surface area (TPSA) is 64.7 Å². The van der Waals surface area contributed by atoms with E-state index >= 15 is 0 Å². The number of hydrogen-bond acceptors (Lipinski definition) is 4. The highest BCUT2D eigenvalue weighted by Gasteiger charge is 2.20. The second-order valence-corrected chi connectivity index (χ2v) is 8.16. The summed E-state index contributed by atoms with van der Waals surface area (Å²) in [5.74, 6) is -0.688. The van der Waals surface area contributed by atoms with Crippen molar-refractivity contribution >= 4 is 28.9 Å². The highest BCUT2D eigenvalue weighted by atomic mass is 19.1. The number of piperazine rings is 1. The van der Waals surface area contributed by atoms with Gasteiger partial charge in [-0.25, -0.2) is 4.39 Å². The summed E-state index contributed by atoms with van der Waals surface area (Å²) >= 11 is 0. The van der Waals surface area contributed by atoms with Gasteiger partial charge in [-0.05, 0) is 61.0 Å². The minimum atomic E-state index is -0.274. The molecule has 7 heteroatoms. The number of nitrogens with one attached hydrogen (secondary N) is 2. The van der Waals surface area contributed by atoms with Gasteiger partial charge in [0.1, 0.15) is 5.82 Å². The van der Waals surface area contributed by atoms with Gasteiger partial charge in [-0.1, -0.05) is 24.3 Å². The van der Waals surface area contributed by atoms with E-state index in [2.05, 4.69) is 20.4 Å². The van der Waals surface area contributed by atoms with E-state index < -0.39 is 0 Å². The Morgan fingerprint density at radius 3 is 2.33 bits per heavy atom. The number of benzene rings is 3. The van der Waals surface area contributed by atoms with Crippen LogP contribution >= 0.6 is 0 Å². The Balaban J connectivity index is 1.33. The van der Waals surface area contributed by atoms with E-state index in [1.807, 2.05) is 31.2 Å². The molecule has 3 aromatic carbocycles. The normalized spacial score (nSPS) is 14.1. The number of aryl methyl sites for hydroxylation is 1. The van der Waals surface area contributed by atoms with Gasteiger partial charge in [0.15, 0.2) is 0 Å². The van der Waals surface area contributed by atoms with E-state index in [1.54, 1.807) is 36.4 Å². The number of amides is 2. The van der Waals surface area contributed by atoms with Crippen LogP contribution in [0.2, 0.25) is 0 Å². The fraction of sp³-hybridized carbons (Fsp3) is 0.231. The summed E-state index contributed by atoms with van der Waals surface area (Å²) in [4.78, 5) is 29.8. The van der Waals surface area contributed by atoms with Crippen molar-refractivity contribution in [2.75, 3.05) is 48.3 Å². The monoisotopic (exact) mass is 446 g/mol. The molecular formula is C26H27FN4O2. The van der Waals surface area contributed by atoms with Gasteiger partial charge in [0.2, 0.25) is 5.91 Å². The van der Waals surface area contributed by atoms with Crippen molar-refractivity contribution in [2.45, 2.75) is 6.92 Å². The van der Waals surface area contributed by atoms with Crippen LogP contribution in [0.25, 0.3) is 0 Å². The molecule has 1 saturated heterocycles. The second-order valence-electron chi connectivity index (χ2n) is 8.16. The van der Waals surface area contributed by atoms with E-state index in [4.69, 9.17) is 0 Å². The summed E-state index contributed by atoms with van der Waals surface area (Å²) in [7, 11) is 0. The van der Waals surface area contributed by atoms with E-state index in [9.17, 15) is 14.0 Å². The summed E-state index contributed by atoms with van der Waals surface area (Å²) < 4.78 is 13.1. The molecule has 2 N–H and O–H groups in total. The van der Waals surface area contributed by atoms with Crippen molar-refractivity contribution in [1.82, 2.24) is 4.90 Å². The fourth-order valence-electron chi connectivity index (χ4n) is 3.92. The molecule has 2 amide bonds. The summed E-state index contributed by atoms with van der Waals surface area (Å²) in [6, 6.07) is 21.0. The van der Waals surface area contributed by atoms with Gasteiger partial charge in [-0.15, -0.1) is 0 Å². The molecule has 0 radical (unpaired) electrons. The molecule has 0 spiro atoms. The van der Waals surface area contributed by atoms with Gasteiger partial charge in [0.05, 0.1) is 17.8 Å². The zero-order valence-electron chi connectivity index (χ0n) is 18.6. The Morgan fingerprint density at radius 1 is 0.879 bits per heavy atom. The first-order chi connectivity index (χ1) is 16.0. The van der Waals surface area contributed by atoms with Crippen molar-refractivity contribution in [1.29, 1.82) is 0 Å². The first-order valence-electron chi connectivity index (χ1n) is 11.0. The Morgan fingerprint density at radius 2 is 1.61 bits per heavy atom. The lowest BCUT2D eigenvalue weighted by Crippen LogP contribution is -2.48. The lowest BCUT2D eigenvalue weighted by atomic mass is 10.1. The van der Waals surface area contributed by atoms with Crippen LogP contribution in [0.4, 0.5) is 21.5 Å². The van der Waals surface area contributed by atoms with Crippen LogP contribution in [0.3, 0.4) is 0 Å². The highest BCUT2D eigenvalue weighted by Crippen LogP contribution is 2.19. The molecule has 0 saturated carbocycles. The summed E-state index contributed by atoms with van der Waals surface area (Å²) in [5.41, 5.74) is 3.63. The summed E-state index contributed by atoms with van der Waals surface area (Å²) in [6.07, 6.45) is 0. The first kappa shape index (κ1) is 22.5. The smallest absolute Gasteiger partial charge is 0.257 e. The van der Waals surface area contributed by atoms with Crippen LogP contribution in [-0.2, 0) is 4.79 Å². The summed E-state index contributed by atoms with van der Waals surface area (Å²) in [6.45, 7) is 5.16. The molecule has 0 aromatic heterocycles. The number of anilines is 3. The van der Waals surface area contributed by atoms with Gasteiger partial charge >= 0.3 is 0 Å². The van der Waals surface area contributed by atoms with Crippen molar-refractivity contribution in [3.8, 4) is 0 Å². The van der Waals surface area contributed by atoms with Gasteiger partial charge in [0, 0.05) is 37.6 Å². The van der Waals surface area contributed by atoms with Crippen LogP contribution in [0.15, 0.2) is 72.8 Å². The standard InChI is InChI=1S/C26H27FN4O2/c1-19-5-4-6-21(17-19)28-26(33)23-7-2-3-8-24(23)29-25(32)18-30-13-15-31(16-14-30)22-11-9-20(27)10-12-22/h2-12,17H,13-16,18H2,1H3,(H,28,33)(H,29,32). The van der Waals surface area contributed by atoms with Crippen LogP contribution in [0.5, 0.6) is 0 Å². The Kier molecular flexibility index (Phi) is 7.00. The number of nitrogens with zero attached hydrogens (tertiary/aromatic N) is 2. The van der Waals surface area contributed by atoms with Crippen LogP contribution in [0.1, 0.15) is 15.9 Å². The molecular weight excluding hydrogens is 419 g/mol. The van der Waals surface area contributed by atoms with E-state index in [1.165, 1.54) is 12.1 Å².